The SMILES string of the molecule is CC(C1CC1)N(Cc1ccccc1)CC(O)COCC1CCCO1. The van der Waals surface area contributed by atoms with E-state index in [1.807, 2.05) is 6.07 Å². The fourth-order valence-corrected chi connectivity index (χ4v) is 3.50. The third kappa shape index (κ3) is 5.55. The van der Waals surface area contributed by atoms with Gasteiger partial charge < -0.3 is 14.6 Å². The topological polar surface area (TPSA) is 41.9 Å². The predicted octanol–water partition coefficient (Wildman–Crippen LogP) is 2.84. The molecular formula is C20H31NO3. The van der Waals surface area contributed by atoms with E-state index in [1.54, 1.807) is 0 Å². The van der Waals surface area contributed by atoms with Crippen molar-refractivity contribution in [1.82, 2.24) is 4.90 Å². The monoisotopic (exact) mass is 333 g/mol. The number of hydrogen-bond acceptors (Lipinski definition) is 4. The maximum absolute atomic E-state index is 10.4. The molecule has 4 nitrogen and oxygen atoms in total. The molecule has 2 fully saturated rings. The van der Waals surface area contributed by atoms with Crippen LogP contribution in [0.3, 0.4) is 0 Å². The minimum absolute atomic E-state index is 0.225. The summed E-state index contributed by atoms with van der Waals surface area (Å²) in [5.41, 5.74) is 1.30. The van der Waals surface area contributed by atoms with Crippen LogP contribution < -0.4 is 0 Å². The number of nitrogens with zero attached hydrogens (tertiary/aromatic N) is 1. The van der Waals surface area contributed by atoms with E-state index in [1.165, 1.54) is 18.4 Å². The standard InChI is InChI=1S/C20H31NO3/c1-16(18-9-10-18)21(12-17-6-3-2-4-7-17)13-19(22)14-23-15-20-8-5-11-24-20/h2-4,6-7,16,18-20,22H,5,8-15H2,1H3. The molecule has 2 aliphatic rings. The van der Waals surface area contributed by atoms with Gasteiger partial charge in [-0.15, -0.1) is 0 Å². The second-order valence-corrected chi connectivity index (χ2v) is 7.32. The summed E-state index contributed by atoms with van der Waals surface area (Å²) in [7, 11) is 0. The van der Waals surface area contributed by atoms with Crippen molar-refractivity contribution in [2.24, 2.45) is 5.92 Å². The second-order valence-electron chi connectivity index (χ2n) is 7.32. The molecule has 0 radical (unpaired) electrons. The molecule has 1 saturated carbocycles. The molecule has 0 bridgehead atoms. The van der Waals surface area contributed by atoms with Crippen LogP contribution in [0.15, 0.2) is 30.3 Å². The van der Waals surface area contributed by atoms with E-state index in [4.69, 9.17) is 9.47 Å². The molecule has 1 saturated heterocycles. The molecule has 1 heterocycles. The van der Waals surface area contributed by atoms with Crippen molar-refractivity contribution >= 4 is 0 Å². The molecule has 3 rings (SSSR count). The molecular weight excluding hydrogens is 302 g/mol. The van der Waals surface area contributed by atoms with E-state index in [-0.39, 0.29) is 6.10 Å². The molecule has 1 N–H and O–H groups in total. The van der Waals surface area contributed by atoms with E-state index in [2.05, 4.69) is 36.1 Å². The Kier molecular flexibility index (Phi) is 6.67. The zero-order valence-corrected chi connectivity index (χ0v) is 14.8. The Morgan fingerprint density at radius 2 is 2.04 bits per heavy atom. The van der Waals surface area contributed by atoms with Crippen LogP contribution >= 0.6 is 0 Å². The number of benzene rings is 1. The highest BCUT2D eigenvalue weighted by atomic mass is 16.5. The van der Waals surface area contributed by atoms with Crippen LogP contribution in [-0.2, 0) is 16.0 Å². The van der Waals surface area contributed by atoms with Crippen molar-refractivity contribution in [2.45, 2.75) is 57.4 Å². The lowest BCUT2D eigenvalue weighted by atomic mass is 10.1. The molecule has 1 aliphatic carbocycles. The van der Waals surface area contributed by atoms with Crippen molar-refractivity contribution in [3.8, 4) is 0 Å². The highest BCUT2D eigenvalue weighted by molar-refractivity contribution is 5.14. The van der Waals surface area contributed by atoms with Gasteiger partial charge in [-0.3, -0.25) is 4.90 Å². The van der Waals surface area contributed by atoms with Gasteiger partial charge in [-0.2, -0.15) is 0 Å². The van der Waals surface area contributed by atoms with E-state index in [9.17, 15) is 5.11 Å². The van der Waals surface area contributed by atoms with Gasteiger partial charge in [-0.1, -0.05) is 30.3 Å². The maximum Gasteiger partial charge on any atom is 0.0900 e. The molecule has 0 amide bonds. The smallest absolute Gasteiger partial charge is 0.0900 e. The average molecular weight is 333 g/mol. The van der Waals surface area contributed by atoms with Gasteiger partial charge >= 0.3 is 0 Å². The summed E-state index contributed by atoms with van der Waals surface area (Å²) < 4.78 is 11.2. The normalized spacial score (nSPS) is 23.5. The molecule has 1 aliphatic heterocycles. The summed E-state index contributed by atoms with van der Waals surface area (Å²) in [6.45, 7) is 5.69. The van der Waals surface area contributed by atoms with Crippen molar-refractivity contribution in [3.63, 3.8) is 0 Å². The zero-order chi connectivity index (χ0) is 16.8. The summed E-state index contributed by atoms with van der Waals surface area (Å²) in [4.78, 5) is 2.41. The molecule has 24 heavy (non-hydrogen) atoms. The summed E-state index contributed by atoms with van der Waals surface area (Å²) in [5, 5.41) is 10.4. The van der Waals surface area contributed by atoms with E-state index < -0.39 is 6.10 Å². The molecule has 134 valence electrons. The van der Waals surface area contributed by atoms with Crippen molar-refractivity contribution < 1.29 is 14.6 Å². The Balaban J connectivity index is 1.46. The Morgan fingerprint density at radius 3 is 2.71 bits per heavy atom. The minimum atomic E-state index is -0.448. The number of hydrogen-bond donors (Lipinski definition) is 1. The van der Waals surface area contributed by atoms with Gasteiger partial charge in [0.1, 0.15) is 0 Å². The first kappa shape index (κ1) is 17.9. The largest absolute Gasteiger partial charge is 0.389 e. The van der Waals surface area contributed by atoms with Gasteiger partial charge in [-0.05, 0) is 44.1 Å². The molecule has 1 aromatic rings. The van der Waals surface area contributed by atoms with E-state index in [0.717, 1.165) is 31.9 Å². The van der Waals surface area contributed by atoms with Crippen LogP contribution in [-0.4, -0.2) is 54.6 Å². The lowest BCUT2D eigenvalue weighted by Crippen LogP contribution is -2.41. The molecule has 4 heteroatoms. The molecule has 3 atom stereocenters. The van der Waals surface area contributed by atoms with Gasteiger partial charge in [0.2, 0.25) is 0 Å². The van der Waals surface area contributed by atoms with Crippen LogP contribution in [0.25, 0.3) is 0 Å². The number of rotatable bonds is 10. The number of ether oxygens (including phenoxy) is 2. The van der Waals surface area contributed by atoms with Crippen molar-refractivity contribution in [2.75, 3.05) is 26.4 Å². The van der Waals surface area contributed by atoms with Crippen LogP contribution in [0.4, 0.5) is 0 Å². The Labute approximate surface area is 145 Å². The lowest BCUT2D eigenvalue weighted by Gasteiger charge is -2.31. The predicted molar refractivity (Wildman–Crippen MR) is 94.8 cm³/mol. The Morgan fingerprint density at radius 1 is 1.25 bits per heavy atom. The van der Waals surface area contributed by atoms with Gasteiger partial charge in [-0.25, -0.2) is 0 Å². The number of aliphatic hydroxyl groups is 1. The van der Waals surface area contributed by atoms with Gasteiger partial charge in [0.15, 0.2) is 0 Å². The molecule has 1 aromatic carbocycles. The first-order valence-electron chi connectivity index (χ1n) is 9.37. The first-order valence-corrected chi connectivity index (χ1v) is 9.37. The fraction of sp³-hybridized carbons (Fsp3) is 0.700. The highest BCUT2D eigenvalue weighted by Gasteiger charge is 2.32. The third-order valence-corrected chi connectivity index (χ3v) is 5.19. The van der Waals surface area contributed by atoms with E-state index in [0.29, 0.717) is 25.8 Å². The first-order chi connectivity index (χ1) is 11.7. The van der Waals surface area contributed by atoms with E-state index >= 15 is 0 Å². The third-order valence-electron chi connectivity index (χ3n) is 5.19. The maximum atomic E-state index is 10.4. The lowest BCUT2D eigenvalue weighted by molar-refractivity contribution is -0.0298. The van der Waals surface area contributed by atoms with Gasteiger partial charge in [0.25, 0.3) is 0 Å². The summed E-state index contributed by atoms with van der Waals surface area (Å²) in [6.07, 6.45) is 4.62. The summed E-state index contributed by atoms with van der Waals surface area (Å²) >= 11 is 0. The molecule has 3 unspecified atom stereocenters. The van der Waals surface area contributed by atoms with Crippen molar-refractivity contribution in [3.05, 3.63) is 35.9 Å². The summed E-state index contributed by atoms with van der Waals surface area (Å²) in [6, 6.07) is 11.0. The molecule has 0 spiro atoms. The van der Waals surface area contributed by atoms with Gasteiger partial charge in [0, 0.05) is 25.7 Å². The zero-order valence-electron chi connectivity index (χ0n) is 14.8. The minimum Gasteiger partial charge on any atom is -0.389 e. The Hall–Kier alpha value is -0.940. The Bertz CT molecular complexity index is 471. The van der Waals surface area contributed by atoms with Crippen LogP contribution in [0.2, 0.25) is 0 Å². The quantitative estimate of drug-likeness (QED) is 0.715. The second kappa shape index (κ2) is 8.95. The van der Waals surface area contributed by atoms with Crippen LogP contribution in [0.5, 0.6) is 0 Å². The van der Waals surface area contributed by atoms with Gasteiger partial charge in [0.05, 0.1) is 25.4 Å². The average Bonchev–Trinajstić information content (AvgIpc) is 3.31. The number of aliphatic hydroxyl groups excluding tert-OH is 1. The molecule has 0 aromatic heterocycles. The summed E-state index contributed by atoms with van der Waals surface area (Å²) in [5.74, 6) is 0.786. The van der Waals surface area contributed by atoms with Crippen LogP contribution in [0, 0.1) is 5.92 Å². The highest BCUT2D eigenvalue weighted by Crippen LogP contribution is 2.35. The van der Waals surface area contributed by atoms with Crippen LogP contribution in [0.1, 0.15) is 38.2 Å². The van der Waals surface area contributed by atoms with Crippen molar-refractivity contribution in [1.29, 1.82) is 0 Å². The fourth-order valence-electron chi connectivity index (χ4n) is 3.50.